The molecule has 0 atom stereocenters. The molecular weight excluding hydrogens is 399 g/mol. The summed E-state index contributed by atoms with van der Waals surface area (Å²) < 4.78 is 5.89. The normalized spacial score (nSPS) is 23.0. The van der Waals surface area contributed by atoms with Crippen LogP contribution < -0.4 is 5.32 Å². The van der Waals surface area contributed by atoms with Gasteiger partial charge >= 0.3 is 6.09 Å². The summed E-state index contributed by atoms with van der Waals surface area (Å²) in [4.78, 5) is 19.3. The van der Waals surface area contributed by atoms with Crippen molar-refractivity contribution in [3.05, 3.63) is 0 Å². The number of hydrogen-bond acceptors (Lipinski definition) is 5. The van der Waals surface area contributed by atoms with E-state index in [4.69, 9.17) is 4.74 Å². The van der Waals surface area contributed by atoms with Crippen LogP contribution in [0.1, 0.15) is 46.0 Å². The third kappa shape index (κ3) is 6.91. The van der Waals surface area contributed by atoms with Crippen LogP contribution in [0.25, 0.3) is 0 Å². The molecule has 0 aromatic carbocycles. The van der Waals surface area contributed by atoms with Crippen molar-refractivity contribution in [1.29, 1.82) is 0 Å². The maximum absolute atomic E-state index is 12.4. The van der Waals surface area contributed by atoms with Crippen molar-refractivity contribution in [1.82, 2.24) is 20.0 Å². The van der Waals surface area contributed by atoms with Crippen molar-refractivity contribution in [2.75, 3.05) is 59.4 Å². The first kappa shape index (κ1) is 25.8. The second-order valence-electron chi connectivity index (χ2n) is 9.00. The van der Waals surface area contributed by atoms with Gasteiger partial charge in [0.2, 0.25) is 0 Å². The van der Waals surface area contributed by atoms with Gasteiger partial charge in [0, 0.05) is 45.1 Å². The van der Waals surface area contributed by atoms with Crippen LogP contribution in [0, 0.1) is 5.92 Å². The van der Waals surface area contributed by atoms with E-state index in [-0.39, 0.29) is 36.5 Å². The van der Waals surface area contributed by atoms with E-state index in [1.165, 1.54) is 12.8 Å². The van der Waals surface area contributed by atoms with Crippen molar-refractivity contribution < 1.29 is 9.53 Å². The number of nitrogens with one attached hydrogen (secondary N) is 1. The molecule has 0 aliphatic carbocycles. The summed E-state index contributed by atoms with van der Waals surface area (Å²) in [6.07, 6.45) is 5.42. The van der Waals surface area contributed by atoms with Gasteiger partial charge in [-0.1, -0.05) is 13.8 Å². The van der Waals surface area contributed by atoms with E-state index in [0.717, 1.165) is 77.7 Å². The summed E-state index contributed by atoms with van der Waals surface area (Å²) in [5.74, 6) is 0.685. The van der Waals surface area contributed by atoms with E-state index >= 15 is 0 Å². The van der Waals surface area contributed by atoms with Crippen LogP contribution in [-0.4, -0.2) is 91.8 Å². The standard InChI is InChI=1S/C20H38N4O2.2ClH/c1-17(2)15-22(3)11-4-12-24-16-20(26-19(24)25)7-13-23(14-8-20)18-5-9-21-10-6-18;;/h17-18,21H,4-16H2,1-3H3;2*1H. The highest BCUT2D eigenvalue weighted by molar-refractivity contribution is 5.85. The third-order valence-electron chi connectivity index (χ3n) is 6.22. The zero-order chi connectivity index (χ0) is 18.6. The molecule has 3 heterocycles. The third-order valence-corrected chi connectivity index (χ3v) is 6.22. The summed E-state index contributed by atoms with van der Waals surface area (Å²) in [6, 6.07) is 0.721. The van der Waals surface area contributed by atoms with E-state index in [2.05, 4.69) is 36.0 Å². The number of carbonyl (C=O) groups excluding carboxylic acids is 1. The molecule has 3 aliphatic rings. The molecule has 0 aromatic heterocycles. The summed E-state index contributed by atoms with van der Waals surface area (Å²) in [5, 5.41) is 3.45. The Kier molecular flexibility index (Phi) is 10.9. The van der Waals surface area contributed by atoms with Gasteiger partial charge in [0.05, 0.1) is 6.54 Å². The van der Waals surface area contributed by atoms with Crippen molar-refractivity contribution >= 4 is 30.9 Å². The van der Waals surface area contributed by atoms with E-state index in [0.29, 0.717) is 5.92 Å². The molecule has 28 heavy (non-hydrogen) atoms. The molecule has 166 valence electrons. The molecule has 0 aromatic rings. The van der Waals surface area contributed by atoms with E-state index < -0.39 is 0 Å². The highest BCUT2D eigenvalue weighted by atomic mass is 35.5. The number of piperidine rings is 2. The van der Waals surface area contributed by atoms with Gasteiger partial charge in [-0.2, -0.15) is 0 Å². The maximum Gasteiger partial charge on any atom is 0.410 e. The van der Waals surface area contributed by atoms with E-state index in [9.17, 15) is 4.79 Å². The van der Waals surface area contributed by atoms with Gasteiger partial charge in [0.25, 0.3) is 0 Å². The van der Waals surface area contributed by atoms with Crippen molar-refractivity contribution in [3.63, 3.8) is 0 Å². The first-order chi connectivity index (χ1) is 12.5. The van der Waals surface area contributed by atoms with Gasteiger partial charge in [-0.25, -0.2) is 4.79 Å². The van der Waals surface area contributed by atoms with Crippen LogP contribution in [0.5, 0.6) is 0 Å². The maximum atomic E-state index is 12.4. The first-order valence-electron chi connectivity index (χ1n) is 10.6. The number of nitrogens with zero attached hydrogens (tertiary/aromatic N) is 3. The Morgan fingerprint density at radius 1 is 1.21 bits per heavy atom. The summed E-state index contributed by atoms with van der Waals surface area (Å²) in [7, 11) is 2.17. The smallest absolute Gasteiger partial charge is 0.410 e. The number of halogens is 2. The number of ether oxygens (including phenoxy) is 1. The van der Waals surface area contributed by atoms with Crippen LogP contribution >= 0.6 is 24.8 Å². The van der Waals surface area contributed by atoms with Crippen LogP contribution in [-0.2, 0) is 4.74 Å². The van der Waals surface area contributed by atoms with Crippen LogP contribution in [0.3, 0.4) is 0 Å². The molecule has 1 spiro atoms. The molecule has 1 N–H and O–H groups in total. The minimum absolute atomic E-state index is 0. The van der Waals surface area contributed by atoms with Gasteiger partial charge in [-0.05, 0) is 51.9 Å². The second-order valence-corrected chi connectivity index (χ2v) is 9.00. The van der Waals surface area contributed by atoms with Crippen molar-refractivity contribution in [2.24, 2.45) is 5.92 Å². The topological polar surface area (TPSA) is 48.0 Å². The summed E-state index contributed by atoms with van der Waals surface area (Å²) in [5.41, 5.74) is -0.218. The van der Waals surface area contributed by atoms with E-state index in [1.807, 2.05) is 4.90 Å². The second kappa shape index (κ2) is 11.8. The van der Waals surface area contributed by atoms with Gasteiger partial charge < -0.3 is 19.9 Å². The minimum atomic E-state index is -0.218. The monoisotopic (exact) mass is 438 g/mol. The Morgan fingerprint density at radius 3 is 2.46 bits per heavy atom. The van der Waals surface area contributed by atoms with Crippen molar-refractivity contribution in [2.45, 2.75) is 57.6 Å². The lowest BCUT2D eigenvalue weighted by molar-refractivity contribution is -0.0135. The molecule has 6 nitrogen and oxygen atoms in total. The molecule has 1 amide bonds. The van der Waals surface area contributed by atoms with Gasteiger partial charge in [0.15, 0.2) is 0 Å². The highest BCUT2D eigenvalue weighted by Gasteiger charge is 2.47. The zero-order valence-corrected chi connectivity index (χ0v) is 19.5. The number of amides is 1. The Balaban J connectivity index is 0.00000196. The molecule has 0 saturated carbocycles. The molecule has 8 heteroatoms. The van der Waals surface area contributed by atoms with Crippen LogP contribution in [0.4, 0.5) is 4.79 Å². The fourth-order valence-corrected chi connectivity index (χ4v) is 4.84. The summed E-state index contributed by atoms with van der Waals surface area (Å²) >= 11 is 0. The molecule has 3 rings (SSSR count). The Bertz CT molecular complexity index is 467. The van der Waals surface area contributed by atoms with Gasteiger partial charge in [-0.3, -0.25) is 4.90 Å². The molecular formula is C20H40Cl2N4O2. The fraction of sp³-hybridized carbons (Fsp3) is 0.950. The average molecular weight is 439 g/mol. The molecule has 0 unspecified atom stereocenters. The van der Waals surface area contributed by atoms with Crippen molar-refractivity contribution in [3.8, 4) is 0 Å². The zero-order valence-electron chi connectivity index (χ0n) is 17.8. The lowest BCUT2D eigenvalue weighted by Gasteiger charge is -2.42. The summed E-state index contributed by atoms with van der Waals surface area (Å²) in [6.45, 7) is 12.7. The predicted octanol–water partition coefficient (Wildman–Crippen LogP) is 2.85. The lowest BCUT2D eigenvalue weighted by atomic mass is 9.89. The first-order valence-corrected chi connectivity index (χ1v) is 10.6. The van der Waals surface area contributed by atoms with Crippen LogP contribution in [0.15, 0.2) is 0 Å². The fourth-order valence-electron chi connectivity index (χ4n) is 4.84. The highest BCUT2D eigenvalue weighted by Crippen LogP contribution is 2.34. The molecule has 3 fully saturated rings. The van der Waals surface area contributed by atoms with Crippen LogP contribution in [0.2, 0.25) is 0 Å². The lowest BCUT2D eigenvalue weighted by Crippen LogP contribution is -2.52. The molecule has 0 bridgehead atoms. The molecule has 3 aliphatic heterocycles. The molecule has 0 radical (unpaired) electrons. The van der Waals surface area contributed by atoms with Gasteiger partial charge in [-0.15, -0.1) is 24.8 Å². The minimum Gasteiger partial charge on any atom is -0.441 e. The SMILES string of the molecule is CC(C)CN(C)CCCN1CC2(CCN(C3CCNCC3)CC2)OC1=O.Cl.Cl. The number of rotatable bonds is 7. The Labute approximate surface area is 183 Å². The largest absolute Gasteiger partial charge is 0.441 e. The van der Waals surface area contributed by atoms with E-state index in [1.54, 1.807) is 0 Å². The predicted molar refractivity (Wildman–Crippen MR) is 119 cm³/mol. The Morgan fingerprint density at radius 2 is 1.86 bits per heavy atom. The Hall–Kier alpha value is -0.270. The average Bonchev–Trinajstić information content (AvgIpc) is 2.91. The number of likely N-dealkylation sites (tertiary alicyclic amines) is 1. The van der Waals surface area contributed by atoms with Gasteiger partial charge in [0.1, 0.15) is 5.60 Å². The number of hydrogen-bond donors (Lipinski definition) is 1. The quantitative estimate of drug-likeness (QED) is 0.661. The molecule has 3 saturated heterocycles. The number of carbonyl (C=O) groups is 1.